The molecule has 0 radical (unpaired) electrons. The molecule has 1 saturated carbocycles. The lowest BCUT2D eigenvalue weighted by Gasteiger charge is -2.04. The maximum Gasteiger partial charge on any atom is 0.189 e. The van der Waals surface area contributed by atoms with Crippen molar-refractivity contribution >= 4 is 28.2 Å². The van der Waals surface area contributed by atoms with Gasteiger partial charge in [0.15, 0.2) is 11.6 Å². The summed E-state index contributed by atoms with van der Waals surface area (Å²) < 4.78 is 15.0. The zero-order valence-electron chi connectivity index (χ0n) is 13.2. The molecule has 0 amide bonds. The molecular formula is C19H15FN4O. The number of fused-ring (bicyclic) bond motifs is 2. The first-order valence-corrected chi connectivity index (χ1v) is 8.16. The number of nitrogens with one attached hydrogen (secondary N) is 1. The van der Waals surface area contributed by atoms with Crippen LogP contribution in [-0.4, -0.2) is 26.3 Å². The van der Waals surface area contributed by atoms with Gasteiger partial charge in [0.25, 0.3) is 0 Å². The molecule has 0 bridgehead atoms. The average Bonchev–Trinajstić information content (AvgIpc) is 3.05. The number of alkyl halides is 1. The van der Waals surface area contributed by atoms with Crippen LogP contribution in [0.1, 0.15) is 16.9 Å². The number of ketones is 1. The van der Waals surface area contributed by atoms with E-state index in [1.54, 1.807) is 4.40 Å². The molecule has 3 aromatic heterocycles. The maximum atomic E-state index is 13.3. The fraction of sp³-hybridized carbons (Fsp3) is 0.158. The first kappa shape index (κ1) is 14.2. The summed E-state index contributed by atoms with van der Waals surface area (Å²) in [5, 5.41) is 1.09. The van der Waals surface area contributed by atoms with Gasteiger partial charge < -0.3 is 10.7 Å². The number of aromatic nitrogens is 3. The van der Waals surface area contributed by atoms with E-state index < -0.39 is 12.1 Å². The van der Waals surface area contributed by atoms with Crippen molar-refractivity contribution in [3.05, 3.63) is 54.5 Å². The van der Waals surface area contributed by atoms with Crippen LogP contribution in [0.3, 0.4) is 0 Å². The van der Waals surface area contributed by atoms with Gasteiger partial charge in [0.1, 0.15) is 17.5 Å². The molecule has 4 aromatic rings. The van der Waals surface area contributed by atoms with E-state index >= 15 is 0 Å². The Balaban J connectivity index is 1.70. The molecule has 5 rings (SSSR count). The van der Waals surface area contributed by atoms with Gasteiger partial charge in [-0.25, -0.2) is 9.37 Å². The van der Waals surface area contributed by atoms with E-state index in [-0.39, 0.29) is 23.7 Å². The van der Waals surface area contributed by atoms with Gasteiger partial charge in [-0.1, -0.05) is 18.2 Å². The van der Waals surface area contributed by atoms with Gasteiger partial charge in [0.2, 0.25) is 0 Å². The van der Waals surface area contributed by atoms with Crippen LogP contribution in [0.4, 0.5) is 10.2 Å². The number of nitrogen functional groups attached to an aromatic ring is 1. The number of halogens is 1. The van der Waals surface area contributed by atoms with Crippen LogP contribution in [0, 0.1) is 5.92 Å². The summed E-state index contributed by atoms with van der Waals surface area (Å²) >= 11 is 0. The van der Waals surface area contributed by atoms with Crippen molar-refractivity contribution in [1.29, 1.82) is 0 Å². The van der Waals surface area contributed by atoms with E-state index in [2.05, 4.69) is 9.97 Å². The minimum absolute atomic E-state index is 0.153. The highest BCUT2D eigenvalue weighted by Crippen LogP contribution is 2.38. The number of H-pyrrole nitrogens is 1. The Bertz CT molecular complexity index is 1140. The molecule has 25 heavy (non-hydrogen) atoms. The highest BCUT2D eigenvalue weighted by atomic mass is 19.1. The molecule has 1 fully saturated rings. The van der Waals surface area contributed by atoms with Crippen molar-refractivity contribution in [3.8, 4) is 11.1 Å². The molecule has 1 aromatic carbocycles. The fourth-order valence-corrected chi connectivity index (χ4v) is 3.39. The monoisotopic (exact) mass is 334 g/mol. The molecule has 1 aliphatic carbocycles. The van der Waals surface area contributed by atoms with E-state index in [9.17, 15) is 9.18 Å². The molecule has 3 heterocycles. The molecule has 0 saturated heterocycles. The number of aromatic amines is 1. The minimum Gasteiger partial charge on any atom is -0.382 e. The SMILES string of the molecule is Nc1nc2ccc(-c3c[nH]c4ccccc34)cn2c1C(=O)[C@@H]1C[C@@H]1F. The number of carbonyl (C=O) groups is 1. The standard InChI is InChI=1S/C19H15FN4O/c20-14-7-12(14)18(25)17-19(21)23-16-6-5-10(9-24(16)17)13-8-22-15-4-2-1-3-11(13)15/h1-6,8-9,12,14,22H,7,21H2/t12-,14+/m1/s1. The zero-order chi connectivity index (χ0) is 17.1. The highest BCUT2D eigenvalue weighted by molar-refractivity contribution is 6.03. The number of nitrogens with zero attached hydrogens (tertiary/aromatic N) is 2. The number of Topliss-reactive ketones (excluding diaryl/α,β-unsaturated/α-hetero) is 1. The number of carbonyl (C=O) groups excluding carboxylic acids is 1. The third-order valence-corrected chi connectivity index (χ3v) is 4.83. The number of anilines is 1. The summed E-state index contributed by atoms with van der Waals surface area (Å²) in [5.41, 5.74) is 9.81. The molecule has 124 valence electrons. The van der Waals surface area contributed by atoms with E-state index in [1.165, 1.54) is 0 Å². The second-order valence-electron chi connectivity index (χ2n) is 6.46. The second kappa shape index (κ2) is 4.92. The second-order valence-corrected chi connectivity index (χ2v) is 6.46. The van der Waals surface area contributed by atoms with E-state index in [0.717, 1.165) is 22.0 Å². The fourth-order valence-electron chi connectivity index (χ4n) is 3.39. The number of pyridine rings is 1. The number of hydrogen-bond donors (Lipinski definition) is 2. The molecule has 3 N–H and O–H groups in total. The van der Waals surface area contributed by atoms with Crippen molar-refractivity contribution in [2.45, 2.75) is 12.6 Å². The lowest BCUT2D eigenvalue weighted by molar-refractivity contribution is 0.0952. The molecule has 1 aliphatic rings. The van der Waals surface area contributed by atoms with Crippen LogP contribution in [0.25, 0.3) is 27.7 Å². The van der Waals surface area contributed by atoms with Crippen LogP contribution < -0.4 is 5.73 Å². The Labute approximate surface area is 142 Å². The first-order chi connectivity index (χ1) is 12.1. The molecule has 0 unspecified atom stereocenters. The molecule has 0 aliphatic heterocycles. The van der Waals surface area contributed by atoms with E-state index in [0.29, 0.717) is 5.65 Å². The lowest BCUT2D eigenvalue weighted by Crippen LogP contribution is -2.10. The van der Waals surface area contributed by atoms with Crippen LogP contribution in [0.15, 0.2) is 48.8 Å². The van der Waals surface area contributed by atoms with E-state index in [4.69, 9.17) is 5.73 Å². The predicted octanol–water partition coefficient (Wildman–Crippen LogP) is 3.61. The molecule has 0 spiro atoms. The van der Waals surface area contributed by atoms with Crippen LogP contribution in [-0.2, 0) is 0 Å². The number of hydrogen-bond acceptors (Lipinski definition) is 3. The summed E-state index contributed by atoms with van der Waals surface area (Å²) in [6.45, 7) is 0. The van der Waals surface area contributed by atoms with Crippen LogP contribution in [0.2, 0.25) is 0 Å². The van der Waals surface area contributed by atoms with Crippen molar-refractivity contribution in [3.63, 3.8) is 0 Å². The van der Waals surface area contributed by atoms with Crippen molar-refractivity contribution < 1.29 is 9.18 Å². The summed E-state index contributed by atoms with van der Waals surface area (Å²) in [7, 11) is 0. The first-order valence-electron chi connectivity index (χ1n) is 8.16. The molecule has 2 atom stereocenters. The largest absolute Gasteiger partial charge is 0.382 e. The Morgan fingerprint density at radius 3 is 2.88 bits per heavy atom. The quantitative estimate of drug-likeness (QED) is 0.562. The Hall–Kier alpha value is -3.15. The van der Waals surface area contributed by atoms with Crippen LogP contribution >= 0.6 is 0 Å². The molecular weight excluding hydrogens is 319 g/mol. The summed E-state index contributed by atoms with van der Waals surface area (Å²) in [5.74, 6) is -0.701. The highest BCUT2D eigenvalue weighted by Gasteiger charge is 2.45. The normalized spacial score (nSPS) is 19.6. The maximum absolute atomic E-state index is 13.3. The van der Waals surface area contributed by atoms with Gasteiger partial charge in [-0.2, -0.15) is 0 Å². The third kappa shape index (κ3) is 2.07. The summed E-state index contributed by atoms with van der Waals surface area (Å²) in [6, 6.07) is 11.8. The Kier molecular flexibility index (Phi) is 2.80. The Morgan fingerprint density at radius 2 is 2.08 bits per heavy atom. The average molecular weight is 334 g/mol. The van der Waals surface area contributed by atoms with Gasteiger partial charge in [-0.15, -0.1) is 0 Å². The predicted molar refractivity (Wildman–Crippen MR) is 94.2 cm³/mol. The zero-order valence-corrected chi connectivity index (χ0v) is 13.2. The topological polar surface area (TPSA) is 76.2 Å². The summed E-state index contributed by atoms with van der Waals surface area (Å²) in [6.07, 6.45) is 2.99. The lowest BCUT2D eigenvalue weighted by atomic mass is 10.1. The number of nitrogens with two attached hydrogens (primary N) is 1. The number of imidazole rings is 1. The summed E-state index contributed by atoms with van der Waals surface area (Å²) in [4.78, 5) is 20.0. The van der Waals surface area contributed by atoms with E-state index in [1.807, 2.05) is 48.8 Å². The molecule has 5 nitrogen and oxygen atoms in total. The minimum atomic E-state index is -1.06. The van der Waals surface area contributed by atoms with Gasteiger partial charge in [0.05, 0.1) is 5.92 Å². The number of para-hydroxylation sites is 1. The van der Waals surface area contributed by atoms with Gasteiger partial charge in [0, 0.05) is 34.4 Å². The third-order valence-electron chi connectivity index (χ3n) is 4.83. The number of benzene rings is 1. The molecule has 6 heteroatoms. The van der Waals surface area contributed by atoms with Gasteiger partial charge in [-0.3, -0.25) is 9.20 Å². The number of rotatable bonds is 3. The van der Waals surface area contributed by atoms with Crippen LogP contribution in [0.5, 0.6) is 0 Å². The van der Waals surface area contributed by atoms with Gasteiger partial charge >= 0.3 is 0 Å². The smallest absolute Gasteiger partial charge is 0.189 e. The van der Waals surface area contributed by atoms with Gasteiger partial charge in [-0.05, 0) is 24.6 Å². The van der Waals surface area contributed by atoms with Crippen molar-refractivity contribution in [2.24, 2.45) is 5.92 Å². The Morgan fingerprint density at radius 1 is 1.28 bits per heavy atom. The van der Waals surface area contributed by atoms with Crippen molar-refractivity contribution in [2.75, 3.05) is 5.73 Å². The van der Waals surface area contributed by atoms with Crippen molar-refractivity contribution in [1.82, 2.24) is 14.4 Å².